The van der Waals surface area contributed by atoms with E-state index in [1.807, 2.05) is 13.8 Å². The van der Waals surface area contributed by atoms with Crippen molar-refractivity contribution in [3.05, 3.63) is 48.6 Å². The molecule has 2 heteroatoms. The average Bonchev–Trinajstić information content (AvgIpc) is 2.57. The summed E-state index contributed by atoms with van der Waals surface area (Å²) in [5, 5.41) is 0. The first kappa shape index (κ1) is 22.4. The first-order valence-corrected chi connectivity index (χ1v) is 9.24. The van der Waals surface area contributed by atoms with E-state index in [0.717, 1.165) is 25.7 Å². The smallest absolute Gasteiger partial charge is 0.311 e. The Morgan fingerprint density at radius 1 is 0.875 bits per heavy atom. The van der Waals surface area contributed by atoms with Gasteiger partial charge in [0.1, 0.15) is 0 Å². The van der Waals surface area contributed by atoms with E-state index in [4.69, 9.17) is 4.74 Å². The molecule has 0 aromatic heterocycles. The van der Waals surface area contributed by atoms with Crippen LogP contribution in [0.25, 0.3) is 0 Å². The second-order valence-electron chi connectivity index (χ2n) is 6.68. The van der Waals surface area contributed by atoms with E-state index < -0.39 is 5.41 Å². The summed E-state index contributed by atoms with van der Waals surface area (Å²) in [6.45, 7) is 6.08. The molecule has 0 aromatic carbocycles. The van der Waals surface area contributed by atoms with Crippen LogP contribution in [0.4, 0.5) is 0 Å². The Balaban J connectivity index is 3.71. The number of allylic oxidation sites excluding steroid dienone is 8. The van der Waals surface area contributed by atoms with Crippen molar-refractivity contribution in [1.29, 1.82) is 0 Å². The number of hydrogen-bond acceptors (Lipinski definition) is 2. The van der Waals surface area contributed by atoms with E-state index in [-0.39, 0.29) is 5.97 Å². The van der Waals surface area contributed by atoms with Crippen molar-refractivity contribution in [1.82, 2.24) is 0 Å². The summed E-state index contributed by atoms with van der Waals surface area (Å²) in [7, 11) is 1.44. The maximum absolute atomic E-state index is 11.5. The molecule has 0 unspecified atom stereocenters. The van der Waals surface area contributed by atoms with Gasteiger partial charge in [-0.05, 0) is 52.4 Å². The van der Waals surface area contributed by atoms with Crippen LogP contribution in [0.3, 0.4) is 0 Å². The molecular formula is C22H36O2. The zero-order chi connectivity index (χ0) is 18.1. The van der Waals surface area contributed by atoms with Crippen molar-refractivity contribution in [2.45, 2.75) is 72.1 Å². The third-order valence-electron chi connectivity index (χ3n) is 3.91. The Morgan fingerprint density at radius 2 is 1.50 bits per heavy atom. The summed E-state index contributed by atoms with van der Waals surface area (Å²) in [6.07, 6.45) is 26.1. The number of carbonyl (C=O) groups excluding carboxylic acids is 1. The standard InChI is InChI=1S/C22H36O2/c1-5-6-7-8-9-10-11-12-13-14-15-16-17-18-19-20-22(2,3)21(23)24-4/h9-10,12-13,15-18H,5-8,11,14,19-20H2,1-4H3/b10-9+,13-12-,16-15+,18-17+. The van der Waals surface area contributed by atoms with Crippen molar-refractivity contribution in [3.8, 4) is 0 Å². The number of hydrogen-bond donors (Lipinski definition) is 0. The molecule has 0 fully saturated rings. The summed E-state index contributed by atoms with van der Waals surface area (Å²) >= 11 is 0. The lowest BCUT2D eigenvalue weighted by Gasteiger charge is -2.20. The SMILES string of the molecule is CCCCC/C=C/C/C=C\C/C=C/C=C/CCC(C)(C)C(=O)OC. The molecule has 0 spiro atoms. The van der Waals surface area contributed by atoms with Crippen molar-refractivity contribution >= 4 is 5.97 Å². The van der Waals surface area contributed by atoms with Crippen LogP contribution in [0.15, 0.2) is 48.6 Å². The summed E-state index contributed by atoms with van der Waals surface area (Å²) in [4.78, 5) is 11.5. The molecule has 0 rings (SSSR count). The highest BCUT2D eigenvalue weighted by molar-refractivity contribution is 5.75. The molecule has 0 atom stereocenters. The quantitative estimate of drug-likeness (QED) is 0.165. The molecular weight excluding hydrogens is 296 g/mol. The molecule has 24 heavy (non-hydrogen) atoms. The van der Waals surface area contributed by atoms with Gasteiger partial charge >= 0.3 is 5.97 Å². The van der Waals surface area contributed by atoms with Gasteiger partial charge in [-0.15, -0.1) is 0 Å². The normalized spacial score (nSPS) is 13.0. The molecule has 0 heterocycles. The monoisotopic (exact) mass is 332 g/mol. The van der Waals surface area contributed by atoms with Gasteiger partial charge in [-0.25, -0.2) is 0 Å². The second-order valence-corrected chi connectivity index (χ2v) is 6.68. The topological polar surface area (TPSA) is 26.3 Å². The summed E-state index contributed by atoms with van der Waals surface area (Å²) < 4.78 is 4.80. The number of methoxy groups -OCH3 is 1. The minimum Gasteiger partial charge on any atom is -0.469 e. The highest BCUT2D eigenvalue weighted by Crippen LogP contribution is 2.23. The molecule has 0 aromatic rings. The van der Waals surface area contributed by atoms with E-state index in [9.17, 15) is 4.79 Å². The van der Waals surface area contributed by atoms with Gasteiger partial charge in [0.15, 0.2) is 0 Å². The minimum absolute atomic E-state index is 0.143. The van der Waals surface area contributed by atoms with Gasteiger partial charge in [-0.2, -0.15) is 0 Å². The predicted molar refractivity (Wildman–Crippen MR) is 105 cm³/mol. The predicted octanol–water partition coefficient (Wildman–Crippen LogP) is 6.55. The van der Waals surface area contributed by atoms with Gasteiger partial charge in [-0.1, -0.05) is 68.4 Å². The summed E-state index contributed by atoms with van der Waals surface area (Å²) in [5.74, 6) is -0.143. The lowest BCUT2D eigenvalue weighted by molar-refractivity contribution is -0.151. The van der Waals surface area contributed by atoms with Crippen molar-refractivity contribution in [2.24, 2.45) is 5.41 Å². The maximum Gasteiger partial charge on any atom is 0.311 e. The molecule has 0 saturated carbocycles. The fourth-order valence-corrected chi connectivity index (χ4v) is 2.23. The van der Waals surface area contributed by atoms with E-state index in [1.54, 1.807) is 0 Å². The van der Waals surface area contributed by atoms with Crippen molar-refractivity contribution in [3.63, 3.8) is 0 Å². The zero-order valence-electron chi connectivity index (χ0n) is 16.1. The van der Waals surface area contributed by atoms with Crippen LogP contribution in [0.1, 0.15) is 72.1 Å². The fraction of sp³-hybridized carbons (Fsp3) is 0.591. The number of ether oxygens (including phenoxy) is 1. The van der Waals surface area contributed by atoms with Crippen LogP contribution in [0.2, 0.25) is 0 Å². The van der Waals surface area contributed by atoms with E-state index in [2.05, 4.69) is 55.5 Å². The van der Waals surface area contributed by atoms with Gasteiger partial charge in [0.2, 0.25) is 0 Å². The van der Waals surface area contributed by atoms with E-state index >= 15 is 0 Å². The van der Waals surface area contributed by atoms with Crippen LogP contribution in [0.5, 0.6) is 0 Å². The van der Waals surface area contributed by atoms with E-state index in [1.165, 1.54) is 32.8 Å². The van der Waals surface area contributed by atoms with Crippen LogP contribution >= 0.6 is 0 Å². The lowest BCUT2D eigenvalue weighted by atomic mass is 9.88. The van der Waals surface area contributed by atoms with Gasteiger partial charge in [0.05, 0.1) is 12.5 Å². The fourth-order valence-electron chi connectivity index (χ4n) is 2.23. The molecule has 0 radical (unpaired) electrons. The number of rotatable bonds is 13. The van der Waals surface area contributed by atoms with Crippen LogP contribution < -0.4 is 0 Å². The number of esters is 1. The zero-order valence-corrected chi connectivity index (χ0v) is 16.1. The molecule has 0 aliphatic carbocycles. The molecule has 0 saturated heterocycles. The van der Waals surface area contributed by atoms with Gasteiger partial charge in [0.25, 0.3) is 0 Å². The van der Waals surface area contributed by atoms with Gasteiger partial charge < -0.3 is 4.74 Å². The third kappa shape index (κ3) is 12.9. The molecule has 2 nitrogen and oxygen atoms in total. The minimum atomic E-state index is -0.407. The third-order valence-corrected chi connectivity index (χ3v) is 3.91. The Labute approximate surface area is 149 Å². The number of unbranched alkanes of at least 4 members (excludes halogenated alkanes) is 3. The maximum atomic E-state index is 11.5. The molecule has 0 N–H and O–H groups in total. The average molecular weight is 333 g/mol. The molecule has 0 bridgehead atoms. The molecule has 0 aliphatic heterocycles. The first-order chi connectivity index (χ1) is 11.5. The molecule has 136 valence electrons. The highest BCUT2D eigenvalue weighted by atomic mass is 16.5. The second kappa shape index (κ2) is 15.0. The van der Waals surface area contributed by atoms with Gasteiger partial charge in [0, 0.05) is 0 Å². The van der Waals surface area contributed by atoms with Gasteiger partial charge in [-0.3, -0.25) is 4.79 Å². The van der Waals surface area contributed by atoms with Crippen molar-refractivity contribution in [2.75, 3.05) is 7.11 Å². The highest BCUT2D eigenvalue weighted by Gasteiger charge is 2.27. The van der Waals surface area contributed by atoms with Crippen LogP contribution in [-0.4, -0.2) is 13.1 Å². The lowest BCUT2D eigenvalue weighted by Crippen LogP contribution is -2.25. The molecule has 0 aliphatic rings. The Kier molecular flexibility index (Phi) is 14.0. The Bertz CT molecular complexity index is 425. The van der Waals surface area contributed by atoms with E-state index in [0.29, 0.717) is 0 Å². The Morgan fingerprint density at radius 3 is 2.17 bits per heavy atom. The molecule has 0 amide bonds. The van der Waals surface area contributed by atoms with Crippen LogP contribution in [0, 0.1) is 5.41 Å². The van der Waals surface area contributed by atoms with Crippen molar-refractivity contribution < 1.29 is 9.53 Å². The van der Waals surface area contributed by atoms with Crippen LogP contribution in [-0.2, 0) is 9.53 Å². The summed E-state index contributed by atoms with van der Waals surface area (Å²) in [6, 6.07) is 0. The Hall–Kier alpha value is -1.57. The largest absolute Gasteiger partial charge is 0.469 e. The number of carbonyl (C=O) groups is 1. The summed E-state index contributed by atoms with van der Waals surface area (Å²) in [5.41, 5.74) is -0.407. The first-order valence-electron chi connectivity index (χ1n) is 9.24.